The molecule has 0 bridgehead atoms. The van der Waals surface area contributed by atoms with Crippen LogP contribution in [0.2, 0.25) is 0 Å². The number of rotatable bonds is 8. The average molecular weight is 758 g/mol. The molecule has 0 amide bonds. The third kappa shape index (κ3) is 7.15. The molecule has 7 aromatic carbocycles. The van der Waals surface area contributed by atoms with Gasteiger partial charge in [-0.2, -0.15) is 0 Å². The third-order valence-electron chi connectivity index (χ3n) is 10.9. The van der Waals surface area contributed by atoms with E-state index in [0.717, 1.165) is 77.7 Å². The second-order valence-electron chi connectivity index (χ2n) is 15.1. The number of pyridine rings is 2. The maximum Gasteiger partial charge on any atom is 0.164 e. The van der Waals surface area contributed by atoms with Crippen LogP contribution >= 0.6 is 0 Å². The van der Waals surface area contributed by atoms with Crippen LogP contribution in [0.5, 0.6) is 0 Å². The molecule has 0 aliphatic heterocycles. The van der Waals surface area contributed by atoms with Crippen molar-refractivity contribution in [3.63, 3.8) is 0 Å². The van der Waals surface area contributed by atoms with Crippen LogP contribution in [0.3, 0.4) is 0 Å². The van der Waals surface area contributed by atoms with E-state index in [1.54, 1.807) is 0 Å². The van der Waals surface area contributed by atoms with Gasteiger partial charge >= 0.3 is 0 Å². The number of nitrogens with zero attached hydrogens (tertiary/aromatic N) is 5. The lowest BCUT2D eigenvalue weighted by Crippen LogP contribution is -2.00. The molecule has 5 heteroatoms. The molecule has 0 fully saturated rings. The Labute approximate surface area is 343 Å². The van der Waals surface area contributed by atoms with E-state index < -0.39 is 0 Å². The number of benzene rings is 7. The Morgan fingerprint density at radius 1 is 0.305 bits per heavy atom. The first kappa shape index (κ1) is 35.8. The number of hydrogen-bond acceptors (Lipinski definition) is 5. The lowest BCUT2D eigenvalue weighted by molar-refractivity contribution is 0.875. The van der Waals surface area contributed by atoms with E-state index in [9.17, 15) is 0 Å². The van der Waals surface area contributed by atoms with Crippen molar-refractivity contribution < 1.29 is 0 Å². The monoisotopic (exact) mass is 757 g/mol. The minimum absolute atomic E-state index is 0.303. The molecule has 0 saturated carbocycles. The van der Waals surface area contributed by atoms with E-state index >= 15 is 0 Å². The van der Waals surface area contributed by atoms with Crippen molar-refractivity contribution in [3.05, 3.63) is 200 Å². The highest BCUT2D eigenvalue weighted by molar-refractivity contribution is 6.05. The van der Waals surface area contributed by atoms with Crippen LogP contribution in [0.25, 0.3) is 101 Å². The van der Waals surface area contributed by atoms with Gasteiger partial charge in [0.2, 0.25) is 0 Å². The van der Waals surface area contributed by atoms with Crippen LogP contribution in [0.4, 0.5) is 0 Å². The second-order valence-corrected chi connectivity index (χ2v) is 15.1. The molecule has 0 spiro atoms. The highest BCUT2D eigenvalue weighted by Gasteiger charge is 2.16. The fraction of sp³-hybridized carbons (Fsp3) is 0.0556. The van der Waals surface area contributed by atoms with Gasteiger partial charge in [-0.25, -0.2) is 24.9 Å². The van der Waals surface area contributed by atoms with Crippen LogP contribution in [0.15, 0.2) is 194 Å². The first-order chi connectivity index (χ1) is 29.0. The Balaban J connectivity index is 1.01. The summed E-state index contributed by atoms with van der Waals surface area (Å²) in [6.45, 7) is 4.49. The summed E-state index contributed by atoms with van der Waals surface area (Å²) in [7, 11) is 0. The summed E-state index contributed by atoms with van der Waals surface area (Å²) in [4.78, 5) is 25.5. The second kappa shape index (κ2) is 15.4. The molecule has 0 atom stereocenters. The van der Waals surface area contributed by atoms with Crippen molar-refractivity contribution in [2.45, 2.75) is 19.8 Å². The molecule has 0 N–H and O–H groups in total. The SMILES string of the molecule is CC(C)c1cc(-c2cccc(-c3ccc(-c4nc(-c5ccccc5)nc(-c5ccc(-c6ccccc6)cc5)n4)cc3)c2)nc2c1ccc1ccc(-c3ccccc3)nc12. The van der Waals surface area contributed by atoms with E-state index in [4.69, 9.17) is 24.9 Å². The largest absolute Gasteiger partial charge is 0.245 e. The van der Waals surface area contributed by atoms with Crippen LogP contribution < -0.4 is 0 Å². The molecule has 3 heterocycles. The number of aromatic nitrogens is 5. The van der Waals surface area contributed by atoms with Gasteiger partial charge in [-0.15, -0.1) is 0 Å². The van der Waals surface area contributed by atoms with Crippen LogP contribution in [-0.2, 0) is 0 Å². The van der Waals surface area contributed by atoms with Crippen molar-refractivity contribution in [3.8, 4) is 78.9 Å². The highest BCUT2D eigenvalue weighted by Crippen LogP contribution is 2.36. The third-order valence-corrected chi connectivity index (χ3v) is 10.9. The molecular weight excluding hydrogens is 719 g/mol. The topological polar surface area (TPSA) is 64.5 Å². The highest BCUT2D eigenvalue weighted by atomic mass is 15.0. The Hall–Kier alpha value is -7.63. The molecule has 10 rings (SSSR count). The van der Waals surface area contributed by atoms with Gasteiger partial charge in [0, 0.05) is 38.6 Å². The normalized spacial score (nSPS) is 11.4. The maximum atomic E-state index is 5.34. The van der Waals surface area contributed by atoms with Crippen LogP contribution in [0.1, 0.15) is 25.3 Å². The van der Waals surface area contributed by atoms with Gasteiger partial charge in [0.25, 0.3) is 0 Å². The average Bonchev–Trinajstić information content (AvgIpc) is 3.31. The van der Waals surface area contributed by atoms with Crippen LogP contribution in [-0.4, -0.2) is 24.9 Å². The van der Waals surface area contributed by atoms with Gasteiger partial charge < -0.3 is 0 Å². The first-order valence-electron chi connectivity index (χ1n) is 20.0. The van der Waals surface area contributed by atoms with E-state index in [1.807, 2.05) is 42.5 Å². The smallest absolute Gasteiger partial charge is 0.164 e. The summed E-state index contributed by atoms with van der Waals surface area (Å²) in [5, 5.41) is 2.22. The van der Waals surface area contributed by atoms with Crippen molar-refractivity contribution in [2.75, 3.05) is 0 Å². The van der Waals surface area contributed by atoms with E-state index in [2.05, 4.69) is 166 Å². The van der Waals surface area contributed by atoms with Gasteiger partial charge in [-0.1, -0.05) is 190 Å². The lowest BCUT2D eigenvalue weighted by atomic mass is 9.94. The van der Waals surface area contributed by atoms with Gasteiger partial charge in [-0.05, 0) is 51.9 Å². The summed E-state index contributed by atoms with van der Waals surface area (Å²) < 4.78 is 0. The van der Waals surface area contributed by atoms with Gasteiger partial charge in [-0.3, -0.25) is 0 Å². The molecule has 3 aromatic heterocycles. The summed E-state index contributed by atoms with van der Waals surface area (Å²) in [6, 6.07) is 67.2. The van der Waals surface area contributed by atoms with Gasteiger partial charge in [0.1, 0.15) is 0 Å². The Bertz CT molecular complexity index is 3090. The molecule has 0 aliphatic carbocycles. The van der Waals surface area contributed by atoms with Crippen molar-refractivity contribution >= 4 is 21.8 Å². The molecular formula is C54H39N5. The van der Waals surface area contributed by atoms with E-state index in [0.29, 0.717) is 23.4 Å². The minimum atomic E-state index is 0.303. The summed E-state index contributed by atoms with van der Waals surface area (Å²) in [6.07, 6.45) is 0. The molecule has 0 radical (unpaired) electrons. The summed E-state index contributed by atoms with van der Waals surface area (Å²) >= 11 is 0. The number of fused-ring (bicyclic) bond motifs is 3. The van der Waals surface area contributed by atoms with Crippen LogP contribution in [0, 0.1) is 0 Å². The molecule has 10 aromatic rings. The van der Waals surface area contributed by atoms with Gasteiger partial charge in [0.15, 0.2) is 17.5 Å². The number of hydrogen-bond donors (Lipinski definition) is 0. The molecule has 0 aliphatic rings. The summed E-state index contributed by atoms with van der Waals surface area (Å²) in [5.74, 6) is 2.20. The predicted molar refractivity (Wildman–Crippen MR) is 243 cm³/mol. The summed E-state index contributed by atoms with van der Waals surface area (Å²) in [5.41, 5.74) is 14.4. The fourth-order valence-corrected chi connectivity index (χ4v) is 7.76. The molecule has 280 valence electrons. The van der Waals surface area contributed by atoms with Gasteiger partial charge in [0.05, 0.1) is 22.4 Å². The fourth-order valence-electron chi connectivity index (χ4n) is 7.76. The zero-order valence-corrected chi connectivity index (χ0v) is 32.8. The predicted octanol–water partition coefficient (Wildman–Crippen LogP) is 13.8. The standard InChI is InChI=1S/C54H39N5/c1-35(2)47-34-49(56-51-46(47)31-29-40-30-32-48(55-50(40)51)39-15-8-4-9-16-39)45-20-12-19-44(33-45)38-23-27-43(28-24-38)54-58-52(41-17-10-5-11-18-41)57-53(59-54)42-25-21-37(22-26-42)36-13-6-3-7-14-36/h3-35H,1-2H3. The Morgan fingerprint density at radius 2 is 0.746 bits per heavy atom. The van der Waals surface area contributed by atoms with Crippen molar-refractivity contribution in [1.82, 2.24) is 24.9 Å². The maximum absolute atomic E-state index is 5.34. The zero-order valence-electron chi connectivity index (χ0n) is 32.8. The zero-order chi connectivity index (χ0) is 39.7. The molecule has 5 nitrogen and oxygen atoms in total. The Kier molecular flexibility index (Phi) is 9.32. The van der Waals surface area contributed by atoms with E-state index in [1.165, 1.54) is 11.1 Å². The van der Waals surface area contributed by atoms with Crippen molar-refractivity contribution in [1.29, 1.82) is 0 Å². The minimum Gasteiger partial charge on any atom is -0.245 e. The quantitative estimate of drug-likeness (QED) is 0.144. The van der Waals surface area contributed by atoms with Crippen molar-refractivity contribution in [2.24, 2.45) is 0 Å². The Morgan fingerprint density at radius 3 is 1.34 bits per heavy atom. The molecule has 0 unspecified atom stereocenters. The molecule has 0 saturated heterocycles. The first-order valence-corrected chi connectivity index (χ1v) is 20.0. The lowest BCUT2D eigenvalue weighted by Gasteiger charge is -2.15. The molecule has 59 heavy (non-hydrogen) atoms. The van der Waals surface area contributed by atoms with E-state index in [-0.39, 0.29) is 0 Å².